The van der Waals surface area contributed by atoms with Crippen molar-refractivity contribution in [3.8, 4) is 0 Å². The fourth-order valence-corrected chi connectivity index (χ4v) is 3.28. The first-order valence-corrected chi connectivity index (χ1v) is 8.69. The van der Waals surface area contributed by atoms with Crippen LogP contribution in [-0.2, 0) is 6.42 Å². The standard InChI is InChI=1S/C22H24N2O/c1-24(19(14-15-23)16-17-8-3-2-4-9-17)22(25)21-13-7-11-18-10-5-6-12-20(18)21/h2-13,19H,14-16,23H2,1H3. The van der Waals surface area contributed by atoms with E-state index in [1.165, 1.54) is 5.56 Å². The summed E-state index contributed by atoms with van der Waals surface area (Å²) in [6, 6.07) is 24.2. The molecule has 0 aromatic heterocycles. The van der Waals surface area contributed by atoms with Gasteiger partial charge in [0.05, 0.1) is 0 Å². The minimum atomic E-state index is 0.0474. The van der Waals surface area contributed by atoms with Crippen LogP contribution in [0.5, 0.6) is 0 Å². The van der Waals surface area contributed by atoms with Crippen LogP contribution in [0.4, 0.5) is 0 Å². The van der Waals surface area contributed by atoms with Crippen molar-refractivity contribution in [2.75, 3.05) is 13.6 Å². The van der Waals surface area contributed by atoms with Gasteiger partial charge >= 0.3 is 0 Å². The maximum Gasteiger partial charge on any atom is 0.254 e. The Morgan fingerprint density at radius 2 is 1.64 bits per heavy atom. The van der Waals surface area contributed by atoms with E-state index in [1.807, 2.05) is 72.6 Å². The van der Waals surface area contributed by atoms with E-state index in [9.17, 15) is 4.79 Å². The molecule has 0 saturated carbocycles. The number of benzene rings is 3. The summed E-state index contributed by atoms with van der Waals surface area (Å²) in [6.07, 6.45) is 1.59. The number of amides is 1. The highest BCUT2D eigenvalue weighted by atomic mass is 16.2. The van der Waals surface area contributed by atoms with Gasteiger partial charge in [-0.1, -0.05) is 66.7 Å². The van der Waals surface area contributed by atoms with Crippen LogP contribution in [0.15, 0.2) is 72.8 Å². The number of rotatable bonds is 6. The predicted molar refractivity (Wildman–Crippen MR) is 104 cm³/mol. The fraction of sp³-hybridized carbons (Fsp3) is 0.227. The number of nitrogens with two attached hydrogens (primary N) is 1. The molecule has 3 aromatic carbocycles. The first kappa shape index (κ1) is 17.2. The lowest BCUT2D eigenvalue weighted by atomic mass is 9.99. The molecule has 0 aliphatic carbocycles. The van der Waals surface area contributed by atoms with Gasteiger partial charge in [0.25, 0.3) is 5.91 Å². The van der Waals surface area contributed by atoms with Crippen LogP contribution in [0.2, 0.25) is 0 Å². The van der Waals surface area contributed by atoms with Gasteiger partial charge in [0.1, 0.15) is 0 Å². The third-order valence-electron chi connectivity index (χ3n) is 4.70. The second-order valence-electron chi connectivity index (χ2n) is 6.36. The minimum Gasteiger partial charge on any atom is -0.338 e. The molecule has 0 spiro atoms. The molecule has 128 valence electrons. The monoisotopic (exact) mass is 332 g/mol. The lowest BCUT2D eigenvalue weighted by molar-refractivity contribution is 0.0727. The predicted octanol–water partition coefficient (Wildman–Crippen LogP) is 3.87. The molecule has 25 heavy (non-hydrogen) atoms. The van der Waals surface area contributed by atoms with Gasteiger partial charge in [0.2, 0.25) is 0 Å². The smallest absolute Gasteiger partial charge is 0.254 e. The Morgan fingerprint density at radius 1 is 0.960 bits per heavy atom. The van der Waals surface area contributed by atoms with Crippen LogP contribution in [-0.4, -0.2) is 30.4 Å². The van der Waals surface area contributed by atoms with Crippen LogP contribution in [0.3, 0.4) is 0 Å². The van der Waals surface area contributed by atoms with Crippen LogP contribution in [0.1, 0.15) is 22.3 Å². The molecule has 0 saturated heterocycles. The quantitative estimate of drug-likeness (QED) is 0.745. The van der Waals surface area contributed by atoms with Crippen LogP contribution in [0, 0.1) is 0 Å². The number of likely N-dealkylation sites (N-methyl/N-ethyl adjacent to an activating group) is 1. The highest BCUT2D eigenvalue weighted by Gasteiger charge is 2.22. The molecular formula is C22H24N2O. The molecule has 1 atom stereocenters. The van der Waals surface area contributed by atoms with Crippen molar-refractivity contribution in [3.05, 3.63) is 83.9 Å². The van der Waals surface area contributed by atoms with Crippen molar-refractivity contribution >= 4 is 16.7 Å². The zero-order valence-electron chi connectivity index (χ0n) is 14.6. The third-order valence-corrected chi connectivity index (χ3v) is 4.70. The van der Waals surface area contributed by atoms with Gasteiger partial charge in [0, 0.05) is 18.7 Å². The summed E-state index contributed by atoms with van der Waals surface area (Å²) in [7, 11) is 1.88. The molecule has 1 unspecified atom stereocenters. The van der Waals surface area contributed by atoms with Crippen molar-refractivity contribution in [1.82, 2.24) is 4.90 Å². The largest absolute Gasteiger partial charge is 0.338 e. The summed E-state index contributed by atoms with van der Waals surface area (Å²) in [5.41, 5.74) is 7.78. The summed E-state index contributed by atoms with van der Waals surface area (Å²) < 4.78 is 0. The van der Waals surface area contributed by atoms with Gasteiger partial charge in [-0.25, -0.2) is 0 Å². The summed E-state index contributed by atoms with van der Waals surface area (Å²) in [6.45, 7) is 0.560. The number of carbonyl (C=O) groups is 1. The number of hydrogen-bond acceptors (Lipinski definition) is 2. The van der Waals surface area contributed by atoms with Crippen molar-refractivity contribution < 1.29 is 4.79 Å². The summed E-state index contributed by atoms with van der Waals surface area (Å²) >= 11 is 0. The molecule has 3 heteroatoms. The molecule has 0 bridgehead atoms. The SMILES string of the molecule is CN(C(=O)c1cccc2ccccc12)C(CCN)Cc1ccccc1. The van der Waals surface area contributed by atoms with Gasteiger partial charge < -0.3 is 10.6 Å². The van der Waals surface area contributed by atoms with Crippen LogP contribution in [0.25, 0.3) is 10.8 Å². The molecular weight excluding hydrogens is 308 g/mol. The van der Waals surface area contributed by atoms with Crippen LogP contribution >= 0.6 is 0 Å². The Morgan fingerprint density at radius 3 is 2.40 bits per heavy atom. The Hall–Kier alpha value is -2.65. The third kappa shape index (κ3) is 3.89. The topological polar surface area (TPSA) is 46.3 Å². The maximum absolute atomic E-state index is 13.2. The van der Waals surface area contributed by atoms with Gasteiger partial charge in [-0.05, 0) is 41.8 Å². The highest BCUT2D eigenvalue weighted by Crippen LogP contribution is 2.21. The van der Waals surface area contributed by atoms with Crippen molar-refractivity contribution in [1.29, 1.82) is 0 Å². The van der Waals surface area contributed by atoms with Gasteiger partial charge in [0.15, 0.2) is 0 Å². The van der Waals surface area contributed by atoms with E-state index >= 15 is 0 Å². The van der Waals surface area contributed by atoms with Crippen molar-refractivity contribution in [3.63, 3.8) is 0 Å². The van der Waals surface area contributed by atoms with E-state index in [-0.39, 0.29) is 11.9 Å². The first-order chi connectivity index (χ1) is 12.2. The Labute approximate surface area is 149 Å². The first-order valence-electron chi connectivity index (χ1n) is 8.69. The van der Waals surface area contributed by atoms with Crippen LogP contribution < -0.4 is 5.73 Å². The molecule has 0 aliphatic heterocycles. The molecule has 3 nitrogen and oxygen atoms in total. The zero-order chi connectivity index (χ0) is 17.6. The molecule has 0 radical (unpaired) electrons. The molecule has 0 heterocycles. The second-order valence-corrected chi connectivity index (χ2v) is 6.36. The van der Waals surface area contributed by atoms with Gasteiger partial charge in [-0.3, -0.25) is 4.79 Å². The number of nitrogens with zero attached hydrogens (tertiary/aromatic N) is 1. The fourth-order valence-electron chi connectivity index (χ4n) is 3.28. The van der Waals surface area contributed by atoms with Crippen molar-refractivity contribution in [2.24, 2.45) is 5.73 Å². The summed E-state index contributed by atoms with van der Waals surface area (Å²) in [4.78, 5) is 15.0. The van der Waals surface area contributed by atoms with Gasteiger partial charge in [-0.15, -0.1) is 0 Å². The number of fused-ring (bicyclic) bond motifs is 1. The molecule has 1 amide bonds. The van der Waals surface area contributed by atoms with E-state index in [2.05, 4.69) is 12.1 Å². The van der Waals surface area contributed by atoms with E-state index in [1.54, 1.807) is 0 Å². The zero-order valence-corrected chi connectivity index (χ0v) is 14.6. The van der Waals surface area contributed by atoms with Gasteiger partial charge in [-0.2, -0.15) is 0 Å². The van der Waals surface area contributed by atoms with Crippen molar-refractivity contribution in [2.45, 2.75) is 18.9 Å². The highest BCUT2D eigenvalue weighted by molar-refractivity contribution is 6.07. The summed E-state index contributed by atoms with van der Waals surface area (Å²) in [5.74, 6) is 0.0474. The Balaban J connectivity index is 1.88. The van der Waals surface area contributed by atoms with E-state index in [0.29, 0.717) is 6.54 Å². The summed E-state index contributed by atoms with van der Waals surface area (Å²) in [5, 5.41) is 2.08. The normalized spacial score (nSPS) is 12.1. The van der Waals surface area contributed by atoms with E-state index in [4.69, 9.17) is 5.73 Å². The minimum absolute atomic E-state index is 0.0474. The number of carbonyl (C=O) groups excluding carboxylic acids is 1. The average molecular weight is 332 g/mol. The average Bonchev–Trinajstić information content (AvgIpc) is 2.67. The maximum atomic E-state index is 13.2. The van der Waals surface area contributed by atoms with E-state index in [0.717, 1.165) is 29.2 Å². The molecule has 0 aliphatic rings. The molecule has 2 N–H and O–H groups in total. The lowest BCUT2D eigenvalue weighted by Gasteiger charge is -2.28. The second kappa shape index (κ2) is 7.95. The Bertz CT molecular complexity index is 840. The Kier molecular flexibility index (Phi) is 5.46. The number of hydrogen-bond donors (Lipinski definition) is 1. The molecule has 0 fully saturated rings. The van der Waals surface area contributed by atoms with E-state index < -0.39 is 0 Å². The molecule has 3 aromatic rings. The lowest BCUT2D eigenvalue weighted by Crippen LogP contribution is -2.40. The molecule has 3 rings (SSSR count).